The van der Waals surface area contributed by atoms with Crippen LogP contribution >= 0.6 is 0 Å². The molecule has 0 aliphatic heterocycles. The van der Waals surface area contributed by atoms with Crippen LogP contribution in [0, 0.1) is 0 Å². The smallest absolute Gasteiger partial charge is 0.258 e. The highest BCUT2D eigenvalue weighted by atomic mass is 16.3. The standard InChI is InChI=1S/C13H14N4O2/c18-12-10(8-3-1-2-4-8)13(19)17-11(16-12)9-5-6-14-7-15-9/h5-8H,1-4H2,(H2,16,17,18,19). The van der Waals surface area contributed by atoms with Crippen molar-refractivity contribution < 1.29 is 5.11 Å². The Morgan fingerprint density at radius 2 is 2.11 bits per heavy atom. The van der Waals surface area contributed by atoms with E-state index in [0.29, 0.717) is 11.3 Å². The van der Waals surface area contributed by atoms with Crippen LogP contribution in [-0.2, 0) is 0 Å². The van der Waals surface area contributed by atoms with E-state index in [-0.39, 0.29) is 23.2 Å². The Balaban J connectivity index is 2.05. The van der Waals surface area contributed by atoms with Gasteiger partial charge in [0, 0.05) is 6.20 Å². The third kappa shape index (κ3) is 2.21. The first-order valence-electron chi connectivity index (χ1n) is 6.35. The Hall–Kier alpha value is -2.24. The molecule has 2 aromatic rings. The number of aromatic hydroxyl groups is 1. The zero-order valence-corrected chi connectivity index (χ0v) is 10.3. The maximum absolute atomic E-state index is 12.1. The summed E-state index contributed by atoms with van der Waals surface area (Å²) < 4.78 is 0. The molecule has 2 aromatic heterocycles. The lowest BCUT2D eigenvalue weighted by molar-refractivity contribution is 0.436. The van der Waals surface area contributed by atoms with Crippen LogP contribution < -0.4 is 5.56 Å². The highest BCUT2D eigenvalue weighted by Gasteiger charge is 2.24. The topological polar surface area (TPSA) is 91.8 Å². The van der Waals surface area contributed by atoms with Crippen molar-refractivity contribution in [3.8, 4) is 17.4 Å². The molecule has 2 heterocycles. The summed E-state index contributed by atoms with van der Waals surface area (Å²) in [6.07, 6.45) is 6.99. The van der Waals surface area contributed by atoms with Gasteiger partial charge in [0.05, 0.1) is 5.56 Å². The van der Waals surface area contributed by atoms with Crippen molar-refractivity contribution in [3.05, 3.63) is 34.5 Å². The largest absolute Gasteiger partial charge is 0.493 e. The molecule has 0 atom stereocenters. The van der Waals surface area contributed by atoms with Gasteiger partial charge in [0.2, 0.25) is 5.88 Å². The van der Waals surface area contributed by atoms with Gasteiger partial charge in [-0.1, -0.05) is 12.8 Å². The summed E-state index contributed by atoms with van der Waals surface area (Å²) in [5.41, 5.74) is 0.628. The molecule has 6 heteroatoms. The predicted octanol–water partition coefficient (Wildman–Crippen LogP) is 1.59. The molecule has 0 bridgehead atoms. The van der Waals surface area contributed by atoms with Crippen LogP contribution in [0.1, 0.15) is 37.2 Å². The quantitative estimate of drug-likeness (QED) is 0.853. The van der Waals surface area contributed by atoms with E-state index in [9.17, 15) is 9.90 Å². The molecule has 0 radical (unpaired) electrons. The van der Waals surface area contributed by atoms with Crippen LogP contribution in [0.25, 0.3) is 11.5 Å². The fourth-order valence-corrected chi connectivity index (χ4v) is 2.61. The molecule has 2 N–H and O–H groups in total. The van der Waals surface area contributed by atoms with Gasteiger partial charge in [-0.3, -0.25) is 4.79 Å². The van der Waals surface area contributed by atoms with Crippen molar-refractivity contribution in [2.75, 3.05) is 0 Å². The molecule has 1 fully saturated rings. The van der Waals surface area contributed by atoms with E-state index < -0.39 is 0 Å². The van der Waals surface area contributed by atoms with E-state index in [2.05, 4.69) is 19.9 Å². The fraction of sp³-hybridized carbons (Fsp3) is 0.385. The Bertz CT molecular complexity index is 633. The number of hydrogen-bond donors (Lipinski definition) is 2. The average molecular weight is 258 g/mol. The molecule has 0 aromatic carbocycles. The lowest BCUT2D eigenvalue weighted by Crippen LogP contribution is -2.17. The molecule has 19 heavy (non-hydrogen) atoms. The maximum atomic E-state index is 12.1. The summed E-state index contributed by atoms with van der Waals surface area (Å²) in [4.78, 5) is 26.7. The Labute approximate surface area is 109 Å². The summed E-state index contributed by atoms with van der Waals surface area (Å²) in [5, 5.41) is 10.0. The summed E-state index contributed by atoms with van der Waals surface area (Å²) >= 11 is 0. The third-order valence-electron chi connectivity index (χ3n) is 3.52. The number of aromatic nitrogens is 4. The van der Waals surface area contributed by atoms with E-state index >= 15 is 0 Å². The molecule has 1 aliphatic rings. The molecule has 1 saturated carbocycles. The lowest BCUT2D eigenvalue weighted by Gasteiger charge is -2.10. The number of rotatable bonds is 2. The molecule has 98 valence electrons. The SMILES string of the molecule is O=c1[nH]c(-c2ccncn2)nc(O)c1C1CCCC1. The van der Waals surface area contributed by atoms with Gasteiger partial charge in [0.25, 0.3) is 5.56 Å². The number of aromatic amines is 1. The van der Waals surface area contributed by atoms with Crippen molar-refractivity contribution in [1.29, 1.82) is 0 Å². The van der Waals surface area contributed by atoms with Gasteiger partial charge >= 0.3 is 0 Å². The van der Waals surface area contributed by atoms with Crippen molar-refractivity contribution >= 4 is 0 Å². The van der Waals surface area contributed by atoms with Crippen molar-refractivity contribution in [1.82, 2.24) is 19.9 Å². The molecule has 3 rings (SSSR count). The fourth-order valence-electron chi connectivity index (χ4n) is 2.61. The molecule has 0 spiro atoms. The molecular weight excluding hydrogens is 244 g/mol. The van der Waals surface area contributed by atoms with Crippen LogP contribution in [0.15, 0.2) is 23.4 Å². The van der Waals surface area contributed by atoms with Gasteiger partial charge in [-0.05, 0) is 24.8 Å². The number of nitrogens with zero attached hydrogens (tertiary/aromatic N) is 3. The third-order valence-corrected chi connectivity index (χ3v) is 3.52. The minimum Gasteiger partial charge on any atom is -0.493 e. The highest BCUT2D eigenvalue weighted by molar-refractivity contribution is 5.49. The normalized spacial score (nSPS) is 15.8. The molecular formula is C13H14N4O2. The van der Waals surface area contributed by atoms with Crippen LogP contribution in [-0.4, -0.2) is 25.0 Å². The molecule has 0 amide bonds. The van der Waals surface area contributed by atoms with Crippen molar-refractivity contribution in [2.45, 2.75) is 31.6 Å². The first-order chi connectivity index (χ1) is 9.25. The highest BCUT2D eigenvalue weighted by Crippen LogP contribution is 2.35. The van der Waals surface area contributed by atoms with E-state index in [1.807, 2.05) is 0 Å². The predicted molar refractivity (Wildman–Crippen MR) is 68.8 cm³/mol. The minimum absolute atomic E-state index is 0.121. The zero-order chi connectivity index (χ0) is 13.2. The summed E-state index contributed by atoms with van der Waals surface area (Å²) in [6.45, 7) is 0. The van der Waals surface area contributed by atoms with Crippen LogP contribution in [0.3, 0.4) is 0 Å². The molecule has 1 aliphatic carbocycles. The molecule has 0 saturated heterocycles. The van der Waals surface area contributed by atoms with E-state index in [4.69, 9.17) is 0 Å². The second-order valence-corrected chi connectivity index (χ2v) is 4.73. The number of H-pyrrole nitrogens is 1. The number of nitrogens with one attached hydrogen (secondary N) is 1. The Morgan fingerprint density at radius 1 is 1.32 bits per heavy atom. The Kier molecular flexibility index (Phi) is 2.98. The minimum atomic E-state index is -0.270. The Morgan fingerprint density at radius 3 is 2.74 bits per heavy atom. The lowest BCUT2D eigenvalue weighted by atomic mass is 10.00. The monoisotopic (exact) mass is 258 g/mol. The van der Waals surface area contributed by atoms with Crippen molar-refractivity contribution in [2.24, 2.45) is 0 Å². The van der Waals surface area contributed by atoms with Crippen LogP contribution in [0.2, 0.25) is 0 Å². The molecule has 6 nitrogen and oxygen atoms in total. The zero-order valence-electron chi connectivity index (χ0n) is 10.3. The maximum Gasteiger partial charge on any atom is 0.258 e. The molecule has 0 unspecified atom stereocenters. The first kappa shape index (κ1) is 11.8. The van der Waals surface area contributed by atoms with Crippen molar-refractivity contribution in [3.63, 3.8) is 0 Å². The second-order valence-electron chi connectivity index (χ2n) is 4.73. The van der Waals surface area contributed by atoms with Crippen LogP contribution in [0.4, 0.5) is 0 Å². The summed E-state index contributed by atoms with van der Waals surface area (Å²) in [7, 11) is 0. The van der Waals surface area contributed by atoms with E-state index in [1.54, 1.807) is 12.3 Å². The van der Waals surface area contributed by atoms with Gasteiger partial charge in [-0.15, -0.1) is 0 Å². The number of hydrogen-bond acceptors (Lipinski definition) is 5. The second kappa shape index (κ2) is 4.79. The van der Waals surface area contributed by atoms with Gasteiger partial charge in [0.1, 0.15) is 12.0 Å². The van der Waals surface area contributed by atoms with Crippen LogP contribution in [0.5, 0.6) is 5.88 Å². The summed E-state index contributed by atoms with van der Waals surface area (Å²) in [5.74, 6) is 0.214. The summed E-state index contributed by atoms with van der Waals surface area (Å²) in [6, 6.07) is 1.63. The first-order valence-corrected chi connectivity index (χ1v) is 6.35. The van der Waals surface area contributed by atoms with Gasteiger partial charge in [-0.25, -0.2) is 9.97 Å². The van der Waals surface area contributed by atoms with Gasteiger partial charge < -0.3 is 10.1 Å². The van der Waals surface area contributed by atoms with E-state index in [1.165, 1.54) is 6.33 Å². The van der Waals surface area contributed by atoms with E-state index in [0.717, 1.165) is 25.7 Å². The van der Waals surface area contributed by atoms with Gasteiger partial charge in [0.15, 0.2) is 5.82 Å². The average Bonchev–Trinajstić information content (AvgIpc) is 2.93. The van der Waals surface area contributed by atoms with Gasteiger partial charge in [-0.2, -0.15) is 4.98 Å².